The summed E-state index contributed by atoms with van der Waals surface area (Å²) in [5.74, 6) is 0. The van der Waals surface area contributed by atoms with E-state index in [2.05, 4.69) is 15.5 Å². The van der Waals surface area contributed by atoms with Gasteiger partial charge in [-0.1, -0.05) is 11.3 Å². The Morgan fingerprint density at radius 1 is 1.24 bits per heavy atom. The topological polar surface area (TPSA) is 73.1 Å². The van der Waals surface area contributed by atoms with Gasteiger partial charge < -0.3 is 15.8 Å². The number of nitrogens with two attached hydrogens (primary N) is 1. The summed E-state index contributed by atoms with van der Waals surface area (Å²) in [6.45, 7) is 1.09. The summed E-state index contributed by atoms with van der Waals surface area (Å²) in [7, 11) is 0. The minimum Gasteiger partial charge on any atom is -0.378 e. The second-order valence-corrected chi connectivity index (χ2v) is 6.08. The van der Waals surface area contributed by atoms with Gasteiger partial charge in [-0.15, -0.1) is 10.2 Å². The lowest BCUT2D eigenvalue weighted by Gasteiger charge is -2.26. The highest BCUT2D eigenvalue weighted by Gasteiger charge is 2.35. The highest BCUT2D eigenvalue weighted by molar-refractivity contribution is 7.15. The highest BCUT2D eigenvalue weighted by Crippen LogP contribution is 2.32. The summed E-state index contributed by atoms with van der Waals surface area (Å²) < 4.78 is 42.7. The van der Waals surface area contributed by atoms with Crippen LogP contribution in [0.2, 0.25) is 0 Å². The molecule has 0 aliphatic heterocycles. The van der Waals surface area contributed by atoms with E-state index < -0.39 is 11.2 Å². The van der Waals surface area contributed by atoms with Crippen molar-refractivity contribution in [2.75, 3.05) is 18.5 Å². The molecule has 0 radical (unpaired) electrons. The van der Waals surface area contributed by atoms with E-state index in [-0.39, 0.29) is 11.2 Å². The second kappa shape index (κ2) is 7.37. The van der Waals surface area contributed by atoms with Crippen LogP contribution in [0.15, 0.2) is 0 Å². The van der Waals surface area contributed by atoms with Gasteiger partial charge in [0.2, 0.25) is 10.1 Å². The molecule has 1 aliphatic carbocycles. The van der Waals surface area contributed by atoms with Crippen LogP contribution in [0, 0.1) is 0 Å². The lowest BCUT2D eigenvalue weighted by atomic mass is 9.94. The van der Waals surface area contributed by atoms with Gasteiger partial charge in [-0.05, 0) is 32.1 Å². The molecule has 1 aromatic heterocycles. The first kappa shape index (κ1) is 16.4. The molecule has 1 saturated carbocycles. The molecule has 0 atom stereocenters. The average Bonchev–Trinajstić information content (AvgIpc) is 2.89. The van der Waals surface area contributed by atoms with E-state index in [4.69, 9.17) is 10.5 Å². The van der Waals surface area contributed by atoms with Gasteiger partial charge >= 0.3 is 6.18 Å². The molecular formula is C12H19F3N4OS. The Bertz CT molecular complexity index is 432. The molecule has 21 heavy (non-hydrogen) atoms. The quantitative estimate of drug-likeness (QED) is 0.787. The molecule has 5 nitrogen and oxygen atoms in total. The molecule has 120 valence electrons. The summed E-state index contributed by atoms with van der Waals surface area (Å²) in [5.41, 5.74) is 5.81. The number of rotatable bonds is 6. The molecule has 9 heteroatoms. The summed E-state index contributed by atoms with van der Waals surface area (Å²) >= 11 is 0.513. The van der Waals surface area contributed by atoms with Gasteiger partial charge in [-0.2, -0.15) is 13.2 Å². The largest absolute Gasteiger partial charge is 0.445 e. The predicted octanol–water partition coefficient (Wildman–Crippen LogP) is 2.65. The molecule has 1 aliphatic rings. The molecule has 0 saturated heterocycles. The number of nitrogens with one attached hydrogen (secondary N) is 1. The Balaban J connectivity index is 1.58. The Morgan fingerprint density at radius 2 is 1.95 bits per heavy atom. The zero-order valence-corrected chi connectivity index (χ0v) is 12.3. The summed E-state index contributed by atoms with van der Waals surface area (Å²) in [6, 6.07) is 0.298. The van der Waals surface area contributed by atoms with Gasteiger partial charge in [0.05, 0.1) is 6.10 Å². The van der Waals surface area contributed by atoms with Crippen LogP contribution in [-0.4, -0.2) is 35.5 Å². The van der Waals surface area contributed by atoms with Crippen molar-refractivity contribution in [2.24, 2.45) is 5.73 Å². The molecule has 1 aromatic rings. The van der Waals surface area contributed by atoms with Crippen molar-refractivity contribution in [3.8, 4) is 0 Å². The van der Waals surface area contributed by atoms with E-state index in [1.54, 1.807) is 0 Å². The van der Waals surface area contributed by atoms with Gasteiger partial charge in [0.1, 0.15) is 0 Å². The predicted molar refractivity (Wildman–Crippen MR) is 74.2 cm³/mol. The smallest absolute Gasteiger partial charge is 0.378 e. The molecule has 0 unspecified atom stereocenters. The van der Waals surface area contributed by atoms with Gasteiger partial charge in [0, 0.05) is 19.2 Å². The SMILES string of the molecule is NC1CCC(OCCCNc2nnc(C(F)(F)F)s2)CC1. The fourth-order valence-corrected chi connectivity index (χ4v) is 2.82. The van der Waals surface area contributed by atoms with E-state index in [1.165, 1.54) is 0 Å². The fourth-order valence-electron chi connectivity index (χ4n) is 2.18. The summed E-state index contributed by atoms with van der Waals surface area (Å²) in [6.07, 6.45) is 0.511. The number of aromatic nitrogens is 2. The number of hydrogen-bond acceptors (Lipinski definition) is 6. The van der Waals surface area contributed by atoms with Gasteiger partial charge in [-0.3, -0.25) is 0 Å². The van der Waals surface area contributed by atoms with Crippen molar-refractivity contribution < 1.29 is 17.9 Å². The molecule has 2 rings (SSSR count). The molecule has 0 aromatic carbocycles. The first-order valence-electron chi connectivity index (χ1n) is 6.97. The minimum absolute atomic E-state index is 0.186. The third-order valence-electron chi connectivity index (χ3n) is 3.34. The van der Waals surface area contributed by atoms with E-state index in [0.717, 1.165) is 25.7 Å². The van der Waals surface area contributed by atoms with Crippen LogP contribution in [0.4, 0.5) is 18.3 Å². The maximum atomic E-state index is 12.3. The lowest BCUT2D eigenvalue weighted by molar-refractivity contribution is -0.138. The molecule has 1 fully saturated rings. The van der Waals surface area contributed by atoms with Crippen LogP contribution in [0.1, 0.15) is 37.1 Å². The van der Waals surface area contributed by atoms with E-state index >= 15 is 0 Å². The molecule has 0 amide bonds. The Morgan fingerprint density at radius 3 is 2.57 bits per heavy atom. The van der Waals surface area contributed by atoms with E-state index in [1.807, 2.05) is 0 Å². The lowest BCUT2D eigenvalue weighted by Crippen LogP contribution is -2.30. The first-order valence-corrected chi connectivity index (χ1v) is 7.78. The van der Waals surface area contributed by atoms with E-state index in [0.29, 0.717) is 37.0 Å². The summed E-state index contributed by atoms with van der Waals surface area (Å²) in [4.78, 5) is 0. The zero-order chi connectivity index (χ0) is 15.3. The van der Waals surface area contributed by atoms with Crippen LogP contribution in [-0.2, 0) is 10.9 Å². The monoisotopic (exact) mass is 324 g/mol. The number of alkyl halides is 3. The second-order valence-electron chi connectivity index (χ2n) is 5.10. The van der Waals surface area contributed by atoms with Crippen molar-refractivity contribution in [1.82, 2.24) is 10.2 Å². The Labute approximate surface area is 125 Å². The van der Waals surface area contributed by atoms with Crippen molar-refractivity contribution in [3.63, 3.8) is 0 Å². The number of ether oxygens (including phenoxy) is 1. The minimum atomic E-state index is -4.43. The maximum absolute atomic E-state index is 12.3. The molecule has 0 bridgehead atoms. The molecule has 0 spiro atoms. The number of halogens is 3. The number of anilines is 1. The number of nitrogens with zero attached hydrogens (tertiary/aromatic N) is 2. The van der Waals surface area contributed by atoms with Crippen LogP contribution < -0.4 is 11.1 Å². The van der Waals surface area contributed by atoms with Crippen LogP contribution in [0.25, 0.3) is 0 Å². The third-order valence-corrected chi connectivity index (χ3v) is 4.26. The Kier molecular flexibility index (Phi) is 5.77. The maximum Gasteiger partial charge on any atom is 0.445 e. The standard InChI is InChI=1S/C12H19F3N4OS/c13-12(14,15)10-18-19-11(21-10)17-6-1-7-20-9-4-2-8(16)3-5-9/h8-9H,1-7,16H2,(H,17,19). The normalized spacial score (nSPS) is 23.2. The zero-order valence-electron chi connectivity index (χ0n) is 11.5. The van der Waals surface area contributed by atoms with Crippen LogP contribution in [0.3, 0.4) is 0 Å². The van der Waals surface area contributed by atoms with Crippen molar-refractivity contribution in [1.29, 1.82) is 0 Å². The van der Waals surface area contributed by atoms with Gasteiger partial charge in [-0.25, -0.2) is 0 Å². The van der Waals surface area contributed by atoms with Gasteiger partial charge in [0.25, 0.3) is 0 Å². The van der Waals surface area contributed by atoms with E-state index in [9.17, 15) is 13.2 Å². The van der Waals surface area contributed by atoms with Crippen LogP contribution in [0.5, 0.6) is 0 Å². The summed E-state index contributed by atoms with van der Waals surface area (Å²) in [5, 5.41) is 8.65. The molecule has 1 heterocycles. The van der Waals surface area contributed by atoms with Crippen molar-refractivity contribution >= 4 is 16.5 Å². The average molecular weight is 324 g/mol. The Hall–Kier alpha value is -0.930. The molecule has 3 N–H and O–H groups in total. The third kappa shape index (κ3) is 5.40. The fraction of sp³-hybridized carbons (Fsp3) is 0.833. The molecular weight excluding hydrogens is 305 g/mol. The highest BCUT2D eigenvalue weighted by atomic mass is 32.1. The van der Waals surface area contributed by atoms with Gasteiger partial charge in [0.15, 0.2) is 0 Å². The first-order chi connectivity index (χ1) is 9.95. The van der Waals surface area contributed by atoms with Crippen molar-refractivity contribution in [3.05, 3.63) is 5.01 Å². The van der Waals surface area contributed by atoms with Crippen molar-refractivity contribution in [2.45, 2.75) is 50.4 Å². The number of hydrogen-bond donors (Lipinski definition) is 2. The van der Waals surface area contributed by atoms with Crippen LogP contribution >= 0.6 is 11.3 Å².